The lowest BCUT2D eigenvalue weighted by atomic mass is 9.52. The van der Waals surface area contributed by atoms with E-state index >= 15 is 4.39 Å². The molecule has 0 bridgehead atoms. The maximum Gasteiger partial charge on any atom is 0.244 e. The monoisotopic (exact) mass is 572 g/mol. The molecule has 220 valence electrons. The van der Waals surface area contributed by atoms with Crippen molar-refractivity contribution < 1.29 is 43.4 Å². The van der Waals surface area contributed by atoms with Crippen LogP contribution in [0.25, 0.3) is 0 Å². The smallest absolute Gasteiger partial charge is 0.244 e. The van der Waals surface area contributed by atoms with Gasteiger partial charge < -0.3 is 20.8 Å². The van der Waals surface area contributed by atoms with Gasteiger partial charge in [-0.05, 0) is 59.8 Å². The number of fused-ring (bicyclic) bond motifs is 3. The molecule has 1 heterocycles. The summed E-state index contributed by atoms with van der Waals surface area (Å²) in [6, 6.07) is -0.754. The largest absolute Gasteiger partial charge is 0.505 e. The highest BCUT2D eigenvalue weighted by atomic mass is 19.1. The second kappa shape index (κ2) is 9.78. The third kappa shape index (κ3) is 3.97. The Morgan fingerprint density at radius 2 is 1.76 bits per heavy atom. The van der Waals surface area contributed by atoms with Gasteiger partial charge in [0.2, 0.25) is 11.8 Å². The highest BCUT2D eigenvalue weighted by Crippen LogP contribution is 2.52. The fraction of sp³-hybridized carbons (Fsp3) is 0.571. The molecule has 2 unspecified atom stereocenters. The fourth-order valence-electron chi connectivity index (χ4n) is 7.39. The molecule has 4 N–H and O–H groups in total. The Kier molecular flexibility index (Phi) is 6.91. The number of hydrogen-bond donors (Lipinski definition) is 3. The van der Waals surface area contributed by atoms with E-state index < -0.39 is 87.5 Å². The van der Waals surface area contributed by atoms with Gasteiger partial charge in [-0.1, -0.05) is 0 Å². The zero-order valence-corrected chi connectivity index (χ0v) is 23.2. The first-order chi connectivity index (χ1) is 19.1. The van der Waals surface area contributed by atoms with Crippen LogP contribution < -0.4 is 10.6 Å². The Balaban J connectivity index is 1.60. The average molecular weight is 573 g/mol. The molecule has 3 aliphatic carbocycles. The Labute approximate surface area is 235 Å². The lowest BCUT2D eigenvalue weighted by Gasteiger charge is -2.52. The summed E-state index contributed by atoms with van der Waals surface area (Å²) < 4.78 is 15.6. The summed E-state index contributed by atoms with van der Waals surface area (Å²) in [6.07, 6.45) is 0.748. The van der Waals surface area contributed by atoms with E-state index in [1.54, 1.807) is 19.0 Å². The van der Waals surface area contributed by atoms with Crippen LogP contribution in [0.2, 0.25) is 0 Å². The van der Waals surface area contributed by atoms with Gasteiger partial charge in [0.05, 0.1) is 29.3 Å². The SMILES string of the molecule is CN(C)[C@@H]1C(=O)C(C(N)=O)C(=O)[C@@]2(O)C(=O)C3C(=O)c4c(O)c(N5CCC[C@H](N(C)C)C5=O)cc(F)c4C[C@H]3C[C@@H]12. The maximum atomic E-state index is 15.6. The number of phenolic OH excluding ortho intramolecular Hbond substituents is 1. The minimum absolute atomic E-state index is 0.144. The minimum Gasteiger partial charge on any atom is -0.505 e. The van der Waals surface area contributed by atoms with Gasteiger partial charge in [-0.3, -0.25) is 38.6 Å². The van der Waals surface area contributed by atoms with E-state index in [1.165, 1.54) is 23.9 Å². The number of nitrogens with zero attached hydrogens (tertiary/aromatic N) is 3. The molecule has 13 heteroatoms. The normalized spacial score (nSPS) is 33.7. The van der Waals surface area contributed by atoms with Crippen molar-refractivity contribution in [2.75, 3.05) is 39.6 Å². The number of ketones is 4. The van der Waals surface area contributed by atoms with Crippen LogP contribution in [0.5, 0.6) is 5.75 Å². The molecular formula is C28H33FN4O8. The third-order valence-electron chi connectivity index (χ3n) is 9.31. The number of amides is 2. The zero-order chi connectivity index (χ0) is 30.3. The van der Waals surface area contributed by atoms with E-state index in [0.717, 1.165) is 6.07 Å². The van der Waals surface area contributed by atoms with Gasteiger partial charge in [0, 0.05) is 24.1 Å². The van der Waals surface area contributed by atoms with Crippen molar-refractivity contribution in [2.45, 2.75) is 43.4 Å². The van der Waals surface area contributed by atoms with Gasteiger partial charge >= 0.3 is 0 Å². The first-order valence-electron chi connectivity index (χ1n) is 13.5. The van der Waals surface area contributed by atoms with Gasteiger partial charge in [-0.25, -0.2) is 4.39 Å². The van der Waals surface area contributed by atoms with Crippen molar-refractivity contribution >= 4 is 40.6 Å². The first kappa shape index (κ1) is 29.0. The van der Waals surface area contributed by atoms with Crippen molar-refractivity contribution in [3.05, 3.63) is 23.0 Å². The van der Waals surface area contributed by atoms with Crippen LogP contribution in [0.3, 0.4) is 0 Å². The summed E-state index contributed by atoms with van der Waals surface area (Å²) in [5.41, 5.74) is 1.63. The lowest BCUT2D eigenvalue weighted by molar-refractivity contribution is -0.181. The molecule has 0 radical (unpaired) electrons. The minimum atomic E-state index is -2.87. The topological polar surface area (TPSA) is 179 Å². The zero-order valence-electron chi connectivity index (χ0n) is 23.2. The van der Waals surface area contributed by atoms with Crippen molar-refractivity contribution in [1.82, 2.24) is 9.80 Å². The molecule has 5 rings (SSSR count). The summed E-state index contributed by atoms with van der Waals surface area (Å²) in [5, 5.41) is 22.9. The molecule has 2 saturated carbocycles. The van der Waals surface area contributed by atoms with Gasteiger partial charge in [-0.15, -0.1) is 0 Å². The van der Waals surface area contributed by atoms with Gasteiger partial charge in [-0.2, -0.15) is 0 Å². The fourth-order valence-corrected chi connectivity index (χ4v) is 7.39. The summed E-state index contributed by atoms with van der Waals surface area (Å²) >= 11 is 0. The number of Topliss-reactive ketones (excluding diaryl/α,β-unsaturated/α-hetero) is 4. The summed E-state index contributed by atoms with van der Waals surface area (Å²) in [4.78, 5) is 83.9. The number of phenols is 1. The summed E-state index contributed by atoms with van der Waals surface area (Å²) in [7, 11) is 6.41. The van der Waals surface area contributed by atoms with Gasteiger partial charge in [0.25, 0.3) is 0 Å². The number of likely N-dealkylation sites (N-methyl/N-ethyl adjacent to an activating group) is 2. The van der Waals surface area contributed by atoms with E-state index in [-0.39, 0.29) is 36.5 Å². The van der Waals surface area contributed by atoms with Crippen LogP contribution >= 0.6 is 0 Å². The van der Waals surface area contributed by atoms with E-state index in [4.69, 9.17) is 5.73 Å². The highest BCUT2D eigenvalue weighted by molar-refractivity contribution is 6.32. The van der Waals surface area contributed by atoms with Crippen molar-refractivity contribution in [2.24, 2.45) is 29.4 Å². The number of rotatable bonds is 4. The number of hydrogen-bond acceptors (Lipinski definition) is 10. The van der Waals surface area contributed by atoms with Crippen LogP contribution in [0.1, 0.15) is 35.2 Å². The molecule has 2 amide bonds. The molecule has 4 aliphatic rings. The quantitative estimate of drug-likeness (QED) is 0.382. The second-order valence-electron chi connectivity index (χ2n) is 12.0. The molecule has 1 saturated heterocycles. The standard InChI is InChI=1S/C28H33FN4O8/c1-31(2)15-6-5-7-33(27(15)40)16-10-14(29)12-8-11-9-13-20(32(3)4)23(36)19(26(30)39)25(38)28(13,41)24(37)17(11)22(35)18(12)21(16)34/h10-11,13,15,17,19-20,34,41H,5-9H2,1-4H3,(H2,30,39)/t11-,13-,15-,17?,19?,20-,28-/m0/s1. The van der Waals surface area contributed by atoms with Crippen LogP contribution in [0, 0.1) is 29.5 Å². The molecule has 41 heavy (non-hydrogen) atoms. The second-order valence-corrected chi connectivity index (χ2v) is 12.0. The number of primary amides is 1. The van der Waals surface area contributed by atoms with Crippen molar-refractivity contribution in [1.29, 1.82) is 0 Å². The van der Waals surface area contributed by atoms with E-state index in [9.17, 15) is 39.0 Å². The number of carbonyl (C=O) groups is 6. The Hall–Kier alpha value is -3.55. The molecular weight excluding hydrogens is 539 g/mol. The summed E-state index contributed by atoms with van der Waals surface area (Å²) in [6.45, 7) is 0.179. The van der Waals surface area contributed by atoms with Gasteiger partial charge in [0.1, 0.15) is 5.82 Å². The molecule has 12 nitrogen and oxygen atoms in total. The highest BCUT2D eigenvalue weighted by Gasteiger charge is 2.69. The maximum absolute atomic E-state index is 15.6. The number of aromatic hydroxyl groups is 1. The van der Waals surface area contributed by atoms with E-state index in [1.807, 2.05) is 0 Å². The predicted octanol–water partition coefficient (Wildman–Crippen LogP) is -0.937. The lowest BCUT2D eigenvalue weighted by Crippen LogP contribution is -2.74. The molecule has 7 atom stereocenters. The Bertz CT molecular complexity index is 1410. The van der Waals surface area contributed by atoms with Crippen LogP contribution in [0.15, 0.2) is 6.07 Å². The van der Waals surface area contributed by atoms with Crippen LogP contribution in [-0.4, -0.2) is 107 Å². The number of carbonyl (C=O) groups excluding carboxylic acids is 6. The molecule has 0 aromatic heterocycles. The number of benzene rings is 1. The number of nitrogens with two attached hydrogens (primary N) is 1. The molecule has 3 fully saturated rings. The van der Waals surface area contributed by atoms with Crippen LogP contribution in [-0.2, 0) is 30.4 Å². The van der Waals surface area contributed by atoms with E-state index in [2.05, 4.69) is 0 Å². The Morgan fingerprint density at radius 3 is 2.34 bits per heavy atom. The van der Waals surface area contributed by atoms with Crippen molar-refractivity contribution in [3.63, 3.8) is 0 Å². The molecule has 0 spiro atoms. The van der Waals surface area contributed by atoms with Gasteiger partial charge in [0.15, 0.2) is 40.4 Å². The molecule has 1 aromatic carbocycles. The molecule has 1 aromatic rings. The third-order valence-corrected chi connectivity index (χ3v) is 9.31. The first-order valence-corrected chi connectivity index (χ1v) is 13.5. The van der Waals surface area contributed by atoms with Crippen molar-refractivity contribution in [3.8, 4) is 5.75 Å². The predicted molar refractivity (Wildman–Crippen MR) is 140 cm³/mol. The number of anilines is 1. The Morgan fingerprint density at radius 1 is 1.10 bits per heavy atom. The van der Waals surface area contributed by atoms with Crippen LogP contribution in [0.4, 0.5) is 10.1 Å². The number of aliphatic hydroxyl groups is 1. The number of piperidine rings is 1. The average Bonchev–Trinajstić information content (AvgIpc) is 2.88. The number of halogens is 1. The van der Waals surface area contributed by atoms with E-state index in [0.29, 0.717) is 12.8 Å². The molecule has 1 aliphatic heterocycles. The summed E-state index contributed by atoms with van der Waals surface area (Å²) in [5.74, 6) is -13.6.